The first kappa shape index (κ1) is 42.5. The Morgan fingerprint density at radius 3 is 1.70 bits per heavy atom. The molecule has 2 aromatic heterocycles. The Kier molecular flexibility index (Phi) is 9.25. The van der Waals surface area contributed by atoms with E-state index in [0.29, 0.717) is 0 Å². The molecule has 0 N–H and O–H groups in total. The lowest BCUT2D eigenvalue weighted by atomic mass is 9.65. The van der Waals surface area contributed by atoms with Crippen LogP contribution in [0.5, 0.6) is 0 Å². The lowest BCUT2D eigenvalue weighted by molar-refractivity contribution is 0.670. The molecule has 3 nitrogen and oxygen atoms in total. The van der Waals surface area contributed by atoms with E-state index < -0.39 is 5.41 Å². The van der Waals surface area contributed by atoms with E-state index >= 15 is 0 Å². The van der Waals surface area contributed by atoms with Crippen LogP contribution >= 0.6 is 0 Å². The zero-order valence-corrected chi connectivity index (χ0v) is 41.4. The van der Waals surface area contributed by atoms with Gasteiger partial charge in [-0.25, -0.2) is 0 Å². The highest BCUT2D eigenvalue weighted by molar-refractivity contribution is 6.13. The second kappa shape index (κ2) is 16.5. The molecule has 0 amide bonds. The van der Waals surface area contributed by atoms with Crippen LogP contribution in [0.25, 0.3) is 105 Å². The van der Waals surface area contributed by atoms with Crippen molar-refractivity contribution >= 4 is 60.8 Å². The highest BCUT2D eigenvalue weighted by atomic mass is 16.3. The summed E-state index contributed by atoms with van der Waals surface area (Å²) in [5.74, 6) is 0. The molecule has 0 saturated carbocycles. The highest BCUT2D eigenvalue weighted by Gasteiger charge is 2.50. The Labute approximate surface area is 440 Å². The summed E-state index contributed by atoms with van der Waals surface area (Å²) in [6.07, 6.45) is 0. The quantitative estimate of drug-likeness (QED) is 0.159. The van der Waals surface area contributed by atoms with Crippen LogP contribution in [0, 0.1) is 0 Å². The van der Waals surface area contributed by atoms with Gasteiger partial charge < -0.3 is 13.9 Å². The Hall–Kier alpha value is -9.96. The molecule has 354 valence electrons. The molecule has 0 bridgehead atoms. The molecule has 3 heteroatoms. The van der Waals surface area contributed by atoms with Crippen molar-refractivity contribution in [3.63, 3.8) is 0 Å². The van der Waals surface area contributed by atoms with Gasteiger partial charge in [-0.05, 0) is 121 Å². The van der Waals surface area contributed by atoms with Gasteiger partial charge in [0.25, 0.3) is 0 Å². The van der Waals surface area contributed by atoms with E-state index in [9.17, 15) is 0 Å². The van der Waals surface area contributed by atoms with Crippen LogP contribution in [0.15, 0.2) is 283 Å². The fourth-order valence-corrected chi connectivity index (χ4v) is 13.2. The molecule has 1 aliphatic carbocycles. The van der Waals surface area contributed by atoms with Crippen molar-refractivity contribution in [1.82, 2.24) is 4.57 Å². The summed E-state index contributed by atoms with van der Waals surface area (Å²) < 4.78 is 9.05. The highest BCUT2D eigenvalue weighted by Crippen LogP contribution is 2.61. The van der Waals surface area contributed by atoms with E-state index in [-0.39, 0.29) is 0 Å². The molecule has 3 heterocycles. The second-order valence-corrected chi connectivity index (χ2v) is 20.3. The molecule has 2 aliphatic rings. The van der Waals surface area contributed by atoms with Crippen LogP contribution in [-0.4, -0.2) is 4.57 Å². The SMILES string of the molecule is c1ccc(-c2ccccc2-c2ccccc2N(c2ccc(-c3ccc4c(c3)C3(c5ccccc5-4)c4ccccc4-n4c5ccccc5c5cccc3c54)cc2)c2ccc(-c3cccc4c3oc3ccccc34)cc2)cc1. The van der Waals surface area contributed by atoms with Gasteiger partial charge >= 0.3 is 0 Å². The van der Waals surface area contributed by atoms with Crippen LogP contribution in [0.3, 0.4) is 0 Å². The van der Waals surface area contributed by atoms with E-state index in [4.69, 9.17) is 4.42 Å². The lowest BCUT2D eigenvalue weighted by Gasteiger charge is -2.39. The van der Waals surface area contributed by atoms with Crippen molar-refractivity contribution in [3.05, 3.63) is 301 Å². The zero-order valence-electron chi connectivity index (χ0n) is 41.4. The summed E-state index contributed by atoms with van der Waals surface area (Å²) in [7, 11) is 0. The van der Waals surface area contributed by atoms with Gasteiger partial charge in [0.15, 0.2) is 0 Å². The fraction of sp³-hybridized carbons (Fsp3) is 0.0137. The first-order chi connectivity index (χ1) is 37.7. The van der Waals surface area contributed by atoms with Gasteiger partial charge in [-0.15, -0.1) is 0 Å². The van der Waals surface area contributed by atoms with Crippen LogP contribution in [-0.2, 0) is 5.41 Å². The minimum atomic E-state index is -0.527. The molecule has 14 aromatic rings. The normalized spacial score (nSPS) is 14.1. The summed E-state index contributed by atoms with van der Waals surface area (Å²) in [5, 5.41) is 4.81. The Morgan fingerprint density at radius 1 is 0.316 bits per heavy atom. The number of nitrogens with zero attached hydrogens (tertiary/aromatic N) is 2. The zero-order chi connectivity index (χ0) is 49.9. The number of rotatable bonds is 7. The number of fused-ring (bicyclic) bond motifs is 15. The second-order valence-electron chi connectivity index (χ2n) is 20.3. The van der Waals surface area contributed by atoms with Crippen LogP contribution in [0.2, 0.25) is 0 Å². The smallest absolute Gasteiger partial charge is 0.143 e. The number of anilines is 3. The van der Waals surface area contributed by atoms with Crippen molar-refractivity contribution in [2.75, 3.05) is 4.90 Å². The van der Waals surface area contributed by atoms with Gasteiger partial charge in [-0.3, -0.25) is 0 Å². The summed E-state index contributed by atoms with van der Waals surface area (Å²) in [6, 6.07) is 103. The molecule has 0 radical (unpaired) electrons. The number of hydrogen-bond donors (Lipinski definition) is 0. The van der Waals surface area contributed by atoms with Crippen LogP contribution in [0.4, 0.5) is 17.1 Å². The monoisotopic (exact) mass is 966 g/mol. The van der Waals surface area contributed by atoms with Gasteiger partial charge in [0, 0.05) is 44.0 Å². The maximum Gasteiger partial charge on any atom is 0.143 e. The summed E-state index contributed by atoms with van der Waals surface area (Å²) >= 11 is 0. The standard InChI is InChI=1S/C73H46N2O/c1-2-18-48(19-3-1)53-20-4-5-21-55(53)58-23-7-12-32-67(58)74(52-43-38-49(39-44-52)54-26-16-28-62-60-25-9-15-35-70(60)76-72(54)62)51-41-36-47(37-42-51)50-40-45-57-56-22-6-10-29-63(56)73(66(57)46-50)64-30-11-14-34-69(64)75-68-33-13-8-24-59(68)61-27-17-31-65(73)71(61)75/h1-46H. The number of aromatic nitrogens is 1. The fourth-order valence-electron chi connectivity index (χ4n) is 13.2. The van der Waals surface area contributed by atoms with Crippen molar-refractivity contribution in [1.29, 1.82) is 0 Å². The Bertz CT molecular complexity index is 4640. The lowest BCUT2D eigenvalue weighted by Crippen LogP contribution is -2.33. The minimum absolute atomic E-state index is 0.527. The Balaban J connectivity index is 0.856. The molecule has 76 heavy (non-hydrogen) atoms. The molecule has 0 saturated heterocycles. The largest absolute Gasteiger partial charge is 0.455 e. The molecule has 1 spiro atoms. The molecular formula is C73H46N2O. The summed E-state index contributed by atoms with van der Waals surface area (Å²) in [5.41, 5.74) is 25.3. The van der Waals surface area contributed by atoms with E-state index in [1.807, 2.05) is 6.07 Å². The van der Waals surface area contributed by atoms with Gasteiger partial charge in [-0.2, -0.15) is 0 Å². The molecule has 16 rings (SSSR count). The minimum Gasteiger partial charge on any atom is -0.455 e. The first-order valence-electron chi connectivity index (χ1n) is 26.2. The van der Waals surface area contributed by atoms with E-state index in [0.717, 1.165) is 61.3 Å². The van der Waals surface area contributed by atoms with Crippen LogP contribution in [0.1, 0.15) is 22.3 Å². The molecule has 1 unspecified atom stereocenters. The van der Waals surface area contributed by atoms with Crippen molar-refractivity contribution in [2.45, 2.75) is 5.41 Å². The van der Waals surface area contributed by atoms with E-state index in [2.05, 4.69) is 282 Å². The predicted octanol–water partition coefficient (Wildman–Crippen LogP) is 19.5. The molecule has 0 fully saturated rings. The Morgan fingerprint density at radius 2 is 0.868 bits per heavy atom. The van der Waals surface area contributed by atoms with Gasteiger partial charge in [0.05, 0.1) is 27.8 Å². The van der Waals surface area contributed by atoms with Gasteiger partial charge in [-0.1, -0.05) is 224 Å². The average Bonchev–Trinajstić information content (AvgIpc) is 4.33. The number of furan rings is 1. The third kappa shape index (κ3) is 6.05. The molecule has 1 aliphatic heterocycles. The third-order valence-corrected chi connectivity index (χ3v) is 16.4. The topological polar surface area (TPSA) is 21.3 Å². The van der Waals surface area contributed by atoms with E-state index in [1.165, 1.54) is 83.1 Å². The van der Waals surface area contributed by atoms with Crippen molar-refractivity contribution in [2.24, 2.45) is 0 Å². The molecule has 1 atom stereocenters. The summed E-state index contributed by atoms with van der Waals surface area (Å²) in [4.78, 5) is 2.42. The maximum atomic E-state index is 6.53. The third-order valence-electron chi connectivity index (χ3n) is 16.4. The maximum absolute atomic E-state index is 6.53. The molecule has 12 aromatic carbocycles. The van der Waals surface area contributed by atoms with E-state index in [1.54, 1.807) is 0 Å². The van der Waals surface area contributed by atoms with Crippen molar-refractivity contribution < 1.29 is 4.42 Å². The van der Waals surface area contributed by atoms with Gasteiger partial charge in [0.2, 0.25) is 0 Å². The molecular weight excluding hydrogens is 921 g/mol. The number of hydrogen-bond acceptors (Lipinski definition) is 2. The van der Waals surface area contributed by atoms with Crippen LogP contribution < -0.4 is 4.90 Å². The average molecular weight is 967 g/mol. The summed E-state index contributed by atoms with van der Waals surface area (Å²) in [6.45, 7) is 0. The number of benzene rings is 12. The number of para-hydroxylation sites is 6. The van der Waals surface area contributed by atoms with Gasteiger partial charge in [0.1, 0.15) is 11.2 Å². The van der Waals surface area contributed by atoms with Crippen molar-refractivity contribution in [3.8, 4) is 61.3 Å². The predicted molar refractivity (Wildman–Crippen MR) is 315 cm³/mol. The first-order valence-corrected chi connectivity index (χ1v) is 26.2.